The Balaban J connectivity index is 2.55. The van der Waals surface area contributed by atoms with Crippen molar-refractivity contribution in [1.29, 1.82) is 0 Å². The lowest BCUT2D eigenvalue weighted by molar-refractivity contribution is -0.216. The van der Waals surface area contributed by atoms with Crippen LogP contribution in [-0.2, 0) is 46.5 Å². The summed E-state index contributed by atoms with van der Waals surface area (Å²) < 4.78 is 54.3. The van der Waals surface area contributed by atoms with Gasteiger partial charge in [0.25, 0.3) is 0 Å². The van der Waals surface area contributed by atoms with E-state index in [2.05, 4.69) is 54.8 Å². The maximum absolute atomic E-state index is 12.8. The fourth-order valence-corrected chi connectivity index (χ4v) is 9.32. The lowest BCUT2D eigenvalue weighted by Crippen LogP contribution is -2.64. The summed E-state index contributed by atoms with van der Waals surface area (Å²) in [5, 5.41) is 51.3. The minimum Gasteiger partial charge on any atom is -0.462 e. The molecule has 5 unspecified atom stereocenters. The predicted octanol–water partition coefficient (Wildman–Crippen LogP) is 8.89. The van der Waals surface area contributed by atoms with Gasteiger partial charge in [-0.05, 0) is 51.4 Å². The molecular formula is C50H92O18P2. The molecule has 1 fully saturated rings. The minimum absolute atomic E-state index is 0.153. The third kappa shape index (κ3) is 35.3. The Morgan fingerprint density at radius 2 is 0.929 bits per heavy atom. The normalized spacial score (nSPS) is 21.7. The van der Waals surface area contributed by atoms with E-state index < -0.39 is 89.6 Å². The van der Waals surface area contributed by atoms with Gasteiger partial charge in [-0.1, -0.05) is 166 Å². The van der Waals surface area contributed by atoms with Gasteiger partial charge in [0.2, 0.25) is 0 Å². The Morgan fingerprint density at radius 1 is 0.500 bits per heavy atom. The van der Waals surface area contributed by atoms with E-state index in [-0.39, 0.29) is 26.1 Å². The number of allylic oxidation sites excluding steroid dienone is 6. The first kappa shape index (κ1) is 66.2. The number of unbranched alkanes of at least 4 members (excludes halogenated alkanes) is 21. The fourth-order valence-electron chi connectivity index (χ4n) is 7.77. The molecule has 0 amide bonds. The lowest BCUT2D eigenvalue weighted by atomic mass is 9.85. The third-order valence-corrected chi connectivity index (χ3v) is 13.3. The Hall–Kier alpha value is -1.86. The summed E-state index contributed by atoms with van der Waals surface area (Å²) >= 11 is 0. The van der Waals surface area contributed by atoms with Gasteiger partial charge in [0.1, 0.15) is 49.3 Å². The number of rotatable bonds is 45. The zero-order valence-electron chi connectivity index (χ0n) is 42.3. The molecule has 0 spiro atoms. The maximum atomic E-state index is 12.8. The van der Waals surface area contributed by atoms with Gasteiger partial charge >= 0.3 is 27.6 Å². The third-order valence-electron chi connectivity index (χ3n) is 11.8. The molecule has 1 saturated carbocycles. The van der Waals surface area contributed by atoms with Gasteiger partial charge in [-0.3, -0.25) is 23.2 Å². The number of phosphoric acid groups is 2. The second-order valence-corrected chi connectivity index (χ2v) is 21.0. The Morgan fingerprint density at radius 3 is 1.44 bits per heavy atom. The van der Waals surface area contributed by atoms with Crippen LogP contribution in [0.2, 0.25) is 0 Å². The maximum Gasteiger partial charge on any atom is 0.472 e. The average Bonchev–Trinajstić information content (AvgIpc) is 3.31. The van der Waals surface area contributed by atoms with Crippen LogP contribution in [-0.4, -0.2) is 127 Å². The van der Waals surface area contributed by atoms with Gasteiger partial charge in [-0.25, -0.2) is 9.13 Å². The number of phosphoric ester groups is 2. The molecule has 9 atom stereocenters. The van der Waals surface area contributed by atoms with Crippen molar-refractivity contribution >= 4 is 27.6 Å². The summed E-state index contributed by atoms with van der Waals surface area (Å²) in [5.74, 6) is -0.969. The first-order valence-electron chi connectivity index (χ1n) is 26.2. The number of carbonyl (C=O) groups is 2. The number of hydrogen-bond donors (Lipinski definition) is 8. The van der Waals surface area contributed by atoms with Crippen molar-refractivity contribution in [3.63, 3.8) is 0 Å². The summed E-state index contributed by atoms with van der Waals surface area (Å²) in [5.41, 5.74) is 0. The minimum atomic E-state index is -5.36. The first-order chi connectivity index (χ1) is 33.5. The first-order valence-corrected chi connectivity index (χ1v) is 29.2. The fraction of sp³-hybridized carbons (Fsp3) is 0.840. The Labute approximate surface area is 418 Å². The van der Waals surface area contributed by atoms with Crippen molar-refractivity contribution in [1.82, 2.24) is 0 Å². The molecule has 70 heavy (non-hydrogen) atoms. The van der Waals surface area contributed by atoms with E-state index in [1.54, 1.807) is 0 Å². The molecule has 0 aromatic carbocycles. The Kier molecular flexibility index (Phi) is 39.2. The van der Waals surface area contributed by atoms with Crippen LogP contribution in [0.5, 0.6) is 0 Å². The van der Waals surface area contributed by atoms with Crippen LogP contribution in [0.15, 0.2) is 36.5 Å². The molecule has 0 aliphatic heterocycles. The molecule has 18 nitrogen and oxygen atoms in total. The molecule has 410 valence electrons. The second-order valence-electron chi connectivity index (χ2n) is 18.4. The van der Waals surface area contributed by atoms with Gasteiger partial charge in [0.15, 0.2) is 6.10 Å². The summed E-state index contributed by atoms with van der Waals surface area (Å²) in [6.45, 7) is 2.38. The highest BCUT2D eigenvalue weighted by atomic mass is 31.2. The lowest BCUT2D eigenvalue weighted by Gasteiger charge is -2.43. The Bertz CT molecular complexity index is 1510. The van der Waals surface area contributed by atoms with E-state index >= 15 is 0 Å². The van der Waals surface area contributed by atoms with Crippen molar-refractivity contribution in [2.75, 3.05) is 26.4 Å². The van der Waals surface area contributed by atoms with Crippen molar-refractivity contribution in [3.05, 3.63) is 36.5 Å². The molecule has 1 aliphatic rings. The molecule has 0 aromatic heterocycles. The molecule has 8 N–H and O–H groups in total. The number of carbonyl (C=O) groups excluding carboxylic acids is 2. The smallest absolute Gasteiger partial charge is 0.462 e. The van der Waals surface area contributed by atoms with E-state index in [1.807, 2.05) is 0 Å². The van der Waals surface area contributed by atoms with Crippen LogP contribution in [0.1, 0.15) is 194 Å². The topological polar surface area (TPSA) is 285 Å². The molecule has 1 aliphatic carbocycles. The van der Waals surface area contributed by atoms with Crippen molar-refractivity contribution in [2.24, 2.45) is 0 Å². The van der Waals surface area contributed by atoms with E-state index in [9.17, 15) is 49.1 Å². The SMILES string of the molecule is CCCCC/C=C\C/C=C\C/C=C\CCCCCCC(=O)OC[C@H](COC[C@@H](O)COP(=O)(O)O[C@H]1C(O)C(O)C(O)[C@@H](OP(=O)(O)O)C1O)OC(=O)CCCCCCCCCCCCCCCCC. The van der Waals surface area contributed by atoms with E-state index in [4.69, 9.17) is 33.0 Å². The van der Waals surface area contributed by atoms with Gasteiger partial charge < -0.3 is 54.4 Å². The van der Waals surface area contributed by atoms with Crippen LogP contribution in [0.3, 0.4) is 0 Å². The van der Waals surface area contributed by atoms with Gasteiger partial charge in [-0.2, -0.15) is 0 Å². The van der Waals surface area contributed by atoms with Gasteiger partial charge in [-0.15, -0.1) is 0 Å². The molecule has 20 heteroatoms. The van der Waals surface area contributed by atoms with Gasteiger partial charge in [0, 0.05) is 12.8 Å². The standard InChI is InChI=1S/C50H92O18P2/c1-3-5-7-9-11-13-15-17-19-20-22-23-25-27-29-31-33-35-43(52)64-40-42(66-44(53)36-34-32-30-28-26-24-21-18-16-14-12-10-8-6-4-2)39-63-37-41(51)38-65-70(61,62)68-50-47(56)45(54)46(55)49(48(50)57)67-69(58,59)60/h11,13,17,19,22-23,41-42,45-51,54-57H,3-10,12,14-16,18,20-21,24-40H2,1-2H3,(H,61,62)(H2,58,59,60)/b13-11-,19-17-,23-22-/t41-,42+,45?,46?,47?,48?,49-,50+/m1/s1. The van der Waals surface area contributed by atoms with E-state index in [1.165, 1.54) is 89.9 Å². The van der Waals surface area contributed by atoms with Gasteiger partial charge in [0.05, 0.1) is 19.8 Å². The van der Waals surface area contributed by atoms with Crippen LogP contribution in [0.4, 0.5) is 0 Å². The highest BCUT2D eigenvalue weighted by Crippen LogP contribution is 2.48. The number of aliphatic hydroxyl groups excluding tert-OH is 5. The van der Waals surface area contributed by atoms with Crippen LogP contribution in [0, 0.1) is 0 Å². The highest BCUT2D eigenvalue weighted by molar-refractivity contribution is 7.47. The van der Waals surface area contributed by atoms with Crippen LogP contribution in [0.25, 0.3) is 0 Å². The molecule has 0 heterocycles. The number of aliphatic hydroxyl groups is 5. The van der Waals surface area contributed by atoms with Crippen molar-refractivity contribution in [3.8, 4) is 0 Å². The quantitative estimate of drug-likeness (QED) is 0.0122. The molecule has 1 rings (SSSR count). The number of hydrogen-bond acceptors (Lipinski definition) is 15. The highest BCUT2D eigenvalue weighted by Gasteiger charge is 2.54. The zero-order chi connectivity index (χ0) is 51.9. The molecule has 0 radical (unpaired) electrons. The largest absolute Gasteiger partial charge is 0.472 e. The predicted molar refractivity (Wildman–Crippen MR) is 267 cm³/mol. The zero-order valence-corrected chi connectivity index (χ0v) is 44.1. The van der Waals surface area contributed by atoms with E-state index in [0.29, 0.717) is 12.8 Å². The van der Waals surface area contributed by atoms with E-state index in [0.717, 1.165) is 64.2 Å². The second kappa shape index (κ2) is 41.5. The van der Waals surface area contributed by atoms with Crippen LogP contribution < -0.4 is 0 Å². The summed E-state index contributed by atoms with van der Waals surface area (Å²) in [6, 6.07) is 0. The van der Waals surface area contributed by atoms with Crippen molar-refractivity contribution < 1.29 is 86.7 Å². The number of esters is 2. The molecule has 0 saturated heterocycles. The summed E-state index contributed by atoms with van der Waals surface area (Å²) in [7, 11) is -10.6. The molecule has 0 aromatic rings. The summed E-state index contributed by atoms with van der Waals surface area (Å²) in [4.78, 5) is 53.9. The van der Waals surface area contributed by atoms with Crippen LogP contribution >= 0.6 is 15.6 Å². The number of ether oxygens (including phenoxy) is 3. The molecular weight excluding hydrogens is 950 g/mol. The summed E-state index contributed by atoms with van der Waals surface area (Å²) in [6.07, 6.45) is 26.3. The van der Waals surface area contributed by atoms with Crippen molar-refractivity contribution in [2.45, 2.75) is 242 Å². The molecule has 0 bridgehead atoms. The monoisotopic (exact) mass is 1040 g/mol. The average molecular weight is 1040 g/mol.